The lowest BCUT2D eigenvalue weighted by Crippen LogP contribution is -2.30. The van der Waals surface area contributed by atoms with Crippen LogP contribution in [0.5, 0.6) is 0 Å². The predicted octanol–water partition coefficient (Wildman–Crippen LogP) is 5.43. The zero-order chi connectivity index (χ0) is 21.1. The van der Waals surface area contributed by atoms with Gasteiger partial charge in [-0.15, -0.1) is 12.4 Å². The maximum atomic E-state index is 13.6. The minimum atomic E-state index is -0.195. The van der Waals surface area contributed by atoms with Crippen molar-refractivity contribution < 1.29 is 14.0 Å². The second kappa shape index (κ2) is 9.99. The first kappa shape index (κ1) is 22.9. The van der Waals surface area contributed by atoms with Gasteiger partial charge in [0.25, 0.3) is 0 Å². The van der Waals surface area contributed by atoms with Crippen LogP contribution in [0.25, 0.3) is 0 Å². The van der Waals surface area contributed by atoms with Gasteiger partial charge in [0.05, 0.1) is 0 Å². The number of hydrogen-bond acceptors (Lipinski definition) is 3. The predicted molar refractivity (Wildman–Crippen MR) is 122 cm³/mol. The molecule has 0 amide bonds. The number of benzene rings is 3. The molecule has 160 valence electrons. The highest BCUT2D eigenvalue weighted by atomic mass is 35.5. The Morgan fingerprint density at radius 1 is 0.903 bits per heavy atom. The van der Waals surface area contributed by atoms with Crippen LogP contribution in [0.15, 0.2) is 66.7 Å². The SMILES string of the molecule is CC(=O)c1ccc(CC(=O)c2cccc(CN3CCc4ccc(F)cc4C3)c2)cc1.Cl. The Morgan fingerprint density at radius 2 is 1.68 bits per heavy atom. The fourth-order valence-corrected chi connectivity index (χ4v) is 3.97. The second-order valence-electron chi connectivity index (χ2n) is 7.93. The standard InChI is InChI=1S/C26H24FNO2.ClH/c1-18(29)21-7-5-19(6-8-21)14-26(30)23-4-2-3-20(13-23)16-28-12-11-22-9-10-25(27)15-24(22)17-28;/h2-10,13,15H,11-12,14,16-17H2,1H3;1H. The Morgan fingerprint density at radius 3 is 2.42 bits per heavy atom. The molecule has 0 fully saturated rings. The summed E-state index contributed by atoms with van der Waals surface area (Å²) in [6.07, 6.45) is 1.21. The highest BCUT2D eigenvalue weighted by Gasteiger charge is 2.17. The summed E-state index contributed by atoms with van der Waals surface area (Å²) in [5.41, 5.74) is 5.57. The molecule has 5 heteroatoms. The van der Waals surface area contributed by atoms with E-state index in [0.29, 0.717) is 24.1 Å². The first-order valence-corrected chi connectivity index (χ1v) is 10.2. The van der Waals surface area contributed by atoms with Crippen LogP contribution < -0.4 is 0 Å². The topological polar surface area (TPSA) is 37.4 Å². The van der Waals surface area contributed by atoms with Crippen LogP contribution in [-0.4, -0.2) is 23.0 Å². The van der Waals surface area contributed by atoms with E-state index in [-0.39, 0.29) is 29.8 Å². The molecule has 0 aliphatic carbocycles. The van der Waals surface area contributed by atoms with E-state index in [2.05, 4.69) is 4.90 Å². The minimum Gasteiger partial charge on any atom is -0.295 e. The lowest BCUT2D eigenvalue weighted by atomic mass is 9.98. The van der Waals surface area contributed by atoms with Crippen molar-refractivity contribution >= 4 is 24.0 Å². The van der Waals surface area contributed by atoms with Crippen molar-refractivity contribution in [3.63, 3.8) is 0 Å². The monoisotopic (exact) mass is 437 g/mol. The average Bonchev–Trinajstić information content (AvgIpc) is 2.74. The largest absolute Gasteiger partial charge is 0.295 e. The Hall–Kier alpha value is -2.82. The molecule has 4 rings (SSSR count). The number of Topliss-reactive ketones (excluding diaryl/α,β-unsaturated/α-hetero) is 2. The van der Waals surface area contributed by atoms with E-state index in [1.807, 2.05) is 42.5 Å². The van der Waals surface area contributed by atoms with Crippen LogP contribution in [-0.2, 0) is 25.9 Å². The molecule has 0 saturated carbocycles. The summed E-state index contributed by atoms with van der Waals surface area (Å²) in [7, 11) is 0. The van der Waals surface area contributed by atoms with Crippen molar-refractivity contribution in [2.45, 2.75) is 32.9 Å². The lowest BCUT2D eigenvalue weighted by Gasteiger charge is -2.28. The van der Waals surface area contributed by atoms with Crippen LogP contribution in [0.2, 0.25) is 0 Å². The molecule has 1 aliphatic rings. The third kappa shape index (κ3) is 5.66. The molecule has 1 heterocycles. The third-order valence-electron chi connectivity index (χ3n) is 5.64. The maximum absolute atomic E-state index is 13.6. The molecule has 0 radical (unpaired) electrons. The van der Waals surface area contributed by atoms with Gasteiger partial charge in [-0.05, 0) is 53.8 Å². The van der Waals surface area contributed by atoms with Crippen LogP contribution in [0, 0.1) is 5.82 Å². The molecule has 0 unspecified atom stereocenters. The molecule has 0 bridgehead atoms. The average molecular weight is 438 g/mol. The van der Waals surface area contributed by atoms with Crippen LogP contribution in [0.4, 0.5) is 4.39 Å². The van der Waals surface area contributed by atoms with Crippen molar-refractivity contribution in [1.29, 1.82) is 0 Å². The molecule has 3 nitrogen and oxygen atoms in total. The number of carbonyl (C=O) groups excluding carboxylic acids is 2. The molecular weight excluding hydrogens is 413 g/mol. The van der Waals surface area contributed by atoms with Crippen molar-refractivity contribution in [2.24, 2.45) is 0 Å². The number of ketones is 2. The van der Waals surface area contributed by atoms with Crippen molar-refractivity contribution in [3.8, 4) is 0 Å². The highest BCUT2D eigenvalue weighted by molar-refractivity contribution is 5.98. The van der Waals surface area contributed by atoms with E-state index in [4.69, 9.17) is 0 Å². The molecule has 31 heavy (non-hydrogen) atoms. The van der Waals surface area contributed by atoms with Gasteiger partial charge in [0.15, 0.2) is 11.6 Å². The number of nitrogens with zero attached hydrogens (tertiary/aromatic N) is 1. The number of halogens is 2. The molecule has 3 aromatic carbocycles. The van der Waals surface area contributed by atoms with Crippen LogP contribution >= 0.6 is 12.4 Å². The van der Waals surface area contributed by atoms with Gasteiger partial charge in [0.1, 0.15) is 5.82 Å². The first-order chi connectivity index (χ1) is 14.5. The molecule has 0 saturated heterocycles. The Labute approximate surface area is 188 Å². The fraction of sp³-hybridized carbons (Fsp3) is 0.231. The maximum Gasteiger partial charge on any atom is 0.167 e. The van der Waals surface area contributed by atoms with E-state index < -0.39 is 0 Å². The quantitative estimate of drug-likeness (QED) is 0.482. The van der Waals surface area contributed by atoms with E-state index in [1.54, 1.807) is 18.2 Å². The minimum absolute atomic E-state index is 0. The molecule has 0 aromatic heterocycles. The molecule has 0 spiro atoms. The number of carbonyl (C=O) groups is 2. The summed E-state index contributed by atoms with van der Waals surface area (Å²) in [6.45, 7) is 3.89. The summed E-state index contributed by atoms with van der Waals surface area (Å²) >= 11 is 0. The molecule has 3 aromatic rings. The van der Waals surface area contributed by atoms with E-state index in [1.165, 1.54) is 18.6 Å². The smallest absolute Gasteiger partial charge is 0.167 e. The third-order valence-corrected chi connectivity index (χ3v) is 5.64. The number of fused-ring (bicyclic) bond motifs is 1. The Balaban J connectivity index is 0.00000272. The molecule has 1 aliphatic heterocycles. The van der Waals surface area contributed by atoms with E-state index in [0.717, 1.165) is 36.2 Å². The Bertz CT molecular complexity index is 1090. The van der Waals surface area contributed by atoms with Crippen LogP contribution in [0.1, 0.15) is 49.9 Å². The van der Waals surface area contributed by atoms with Gasteiger partial charge in [0, 0.05) is 37.2 Å². The zero-order valence-electron chi connectivity index (χ0n) is 17.4. The molecule has 0 N–H and O–H groups in total. The summed E-state index contributed by atoms with van der Waals surface area (Å²) in [4.78, 5) is 26.4. The molecular formula is C26H25ClFNO2. The van der Waals surface area contributed by atoms with Gasteiger partial charge in [0.2, 0.25) is 0 Å². The highest BCUT2D eigenvalue weighted by Crippen LogP contribution is 2.22. The van der Waals surface area contributed by atoms with E-state index in [9.17, 15) is 14.0 Å². The second-order valence-corrected chi connectivity index (χ2v) is 7.93. The van der Waals surface area contributed by atoms with Crippen LogP contribution in [0.3, 0.4) is 0 Å². The van der Waals surface area contributed by atoms with Gasteiger partial charge in [-0.25, -0.2) is 4.39 Å². The van der Waals surface area contributed by atoms with Gasteiger partial charge < -0.3 is 0 Å². The first-order valence-electron chi connectivity index (χ1n) is 10.2. The van der Waals surface area contributed by atoms with E-state index >= 15 is 0 Å². The lowest BCUT2D eigenvalue weighted by molar-refractivity contribution is 0.0991. The van der Waals surface area contributed by atoms with Crippen molar-refractivity contribution in [1.82, 2.24) is 4.90 Å². The van der Waals surface area contributed by atoms with Gasteiger partial charge in [-0.2, -0.15) is 0 Å². The summed E-state index contributed by atoms with van der Waals surface area (Å²) in [6, 6.07) is 20.0. The normalized spacial score (nSPS) is 13.2. The van der Waals surface area contributed by atoms with Crippen molar-refractivity contribution in [3.05, 3.63) is 106 Å². The van der Waals surface area contributed by atoms with Gasteiger partial charge in [-0.3, -0.25) is 14.5 Å². The number of hydrogen-bond donors (Lipinski definition) is 0. The zero-order valence-corrected chi connectivity index (χ0v) is 18.3. The van der Waals surface area contributed by atoms with Gasteiger partial charge in [-0.1, -0.05) is 48.5 Å². The molecule has 0 atom stereocenters. The summed E-state index contributed by atoms with van der Waals surface area (Å²) < 4.78 is 13.6. The van der Waals surface area contributed by atoms with Gasteiger partial charge >= 0.3 is 0 Å². The fourth-order valence-electron chi connectivity index (χ4n) is 3.97. The summed E-state index contributed by atoms with van der Waals surface area (Å²) in [5, 5.41) is 0. The number of rotatable bonds is 6. The Kier molecular flexibility index (Phi) is 7.37. The summed E-state index contributed by atoms with van der Waals surface area (Å²) in [5.74, 6) is -0.123. The van der Waals surface area contributed by atoms with Crippen molar-refractivity contribution in [2.75, 3.05) is 6.54 Å².